The molecular formula is C24H26FN3O4. The van der Waals surface area contributed by atoms with Gasteiger partial charge in [0.2, 0.25) is 5.43 Å². The zero-order chi connectivity index (χ0) is 23.0. The summed E-state index contributed by atoms with van der Waals surface area (Å²) >= 11 is 0. The molecule has 1 aliphatic heterocycles. The van der Waals surface area contributed by atoms with Gasteiger partial charge < -0.3 is 25.0 Å². The second-order valence-corrected chi connectivity index (χ2v) is 8.53. The number of carboxylic acids is 1. The van der Waals surface area contributed by atoms with Crippen molar-refractivity contribution in [3.8, 4) is 5.75 Å². The fourth-order valence-electron chi connectivity index (χ4n) is 4.15. The number of halogens is 1. The van der Waals surface area contributed by atoms with Gasteiger partial charge in [-0.3, -0.25) is 4.79 Å². The van der Waals surface area contributed by atoms with Crippen molar-refractivity contribution in [1.82, 2.24) is 4.57 Å². The molecule has 0 bridgehead atoms. The molecule has 0 radical (unpaired) electrons. The van der Waals surface area contributed by atoms with Crippen molar-refractivity contribution in [2.24, 2.45) is 0 Å². The first kappa shape index (κ1) is 21.7. The summed E-state index contributed by atoms with van der Waals surface area (Å²) < 4.78 is 23.2. The number of benzene rings is 2. The van der Waals surface area contributed by atoms with Crippen molar-refractivity contribution < 1.29 is 19.0 Å². The van der Waals surface area contributed by atoms with E-state index in [1.54, 1.807) is 4.57 Å². The number of ether oxygens (including phenoxy) is 1. The van der Waals surface area contributed by atoms with E-state index >= 15 is 4.39 Å². The van der Waals surface area contributed by atoms with Gasteiger partial charge in [0.15, 0.2) is 11.6 Å². The third kappa shape index (κ3) is 3.55. The second-order valence-electron chi connectivity index (χ2n) is 8.53. The van der Waals surface area contributed by atoms with E-state index in [4.69, 9.17) is 4.74 Å². The number of hydrogen-bond acceptors (Lipinski definition) is 5. The number of anilines is 2. The third-order valence-electron chi connectivity index (χ3n) is 5.83. The summed E-state index contributed by atoms with van der Waals surface area (Å²) in [5.41, 5.74) is -0.0790. The molecule has 0 atom stereocenters. The van der Waals surface area contributed by atoms with Crippen LogP contribution in [0, 0.1) is 5.82 Å². The second kappa shape index (κ2) is 8.18. The molecule has 0 spiro atoms. The van der Waals surface area contributed by atoms with E-state index in [-0.39, 0.29) is 29.1 Å². The molecule has 0 saturated carbocycles. The fraction of sp³-hybridized carbons (Fsp3) is 0.333. The number of aryl methyl sites for hydroxylation is 1. The molecule has 1 aromatic heterocycles. The molecule has 0 unspecified atom stereocenters. The molecule has 3 N–H and O–H groups in total. The van der Waals surface area contributed by atoms with Crippen molar-refractivity contribution in [1.29, 1.82) is 0 Å². The van der Waals surface area contributed by atoms with Gasteiger partial charge in [0.25, 0.3) is 0 Å². The number of hydrogen-bond donors (Lipinski definition) is 3. The molecule has 4 rings (SSSR count). The summed E-state index contributed by atoms with van der Waals surface area (Å²) in [5.74, 6) is -1.79. The molecular weight excluding hydrogens is 413 g/mol. The smallest absolute Gasteiger partial charge is 0.341 e. The molecule has 8 heteroatoms. The van der Waals surface area contributed by atoms with Gasteiger partial charge in [-0.25, -0.2) is 9.18 Å². The SMILES string of the molecule is CNc1c(F)c(NCCCc2ccccc2)c2c3c1c(=O)c(C(=O)O)cn3C(C)(C)CO2. The highest BCUT2D eigenvalue weighted by Gasteiger charge is 2.35. The lowest BCUT2D eigenvalue weighted by Crippen LogP contribution is -2.39. The molecule has 1 aliphatic rings. The fourth-order valence-corrected chi connectivity index (χ4v) is 4.15. The van der Waals surface area contributed by atoms with Gasteiger partial charge in [-0.05, 0) is 32.3 Å². The zero-order valence-electron chi connectivity index (χ0n) is 18.3. The van der Waals surface area contributed by atoms with E-state index < -0.39 is 28.3 Å². The third-order valence-corrected chi connectivity index (χ3v) is 5.83. The molecule has 168 valence electrons. The summed E-state index contributed by atoms with van der Waals surface area (Å²) in [4.78, 5) is 24.7. The Morgan fingerprint density at radius 2 is 1.97 bits per heavy atom. The Morgan fingerprint density at radius 1 is 1.25 bits per heavy atom. The van der Waals surface area contributed by atoms with Crippen molar-refractivity contribution >= 4 is 28.2 Å². The molecule has 0 fully saturated rings. The van der Waals surface area contributed by atoms with Crippen LogP contribution in [0.1, 0.15) is 36.2 Å². The van der Waals surface area contributed by atoms with Crippen LogP contribution in [0.15, 0.2) is 41.3 Å². The van der Waals surface area contributed by atoms with E-state index in [1.165, 1.54) is 18.8 Å². The van der Waals surface area contributed by atoms with Gasteiger partial charge in [-0.2, -0.15) is 0 Å². The van der Waals surface area contributed by atoms with Gasteiger partial charge in [0.1, 0.15) is 17.9 Å². The zero-order valence-corrected chi connectivity index (χ0v) is 18.3. The van der Waals surface area contributed by atoms with Gasteiger partial charge in [0, 0.05) is 19.8 Å². The normalized spacial score (nSPS) is 14.1. The summed E-state index contributed by atoms with van der Waals surface area (Å²) in [6.07, 6.45) is 2.93. The highest BCUT2D eigenvalue weighted by atomic mass is 19.1. The first-order chi connectivity index (χ1) is 15.3. The van der Waals surface area contributed by atoms with Crippen LogP contribution in [0.3, 0.4) is 0 Å². The summed E-state index contributed by atoms with van der Waals surface area (Å²) in [7, 11) is 1.51. The van der Waals surface area contributed by atoms with Crippen LogP contribution in [-0.2, 0) is 12.0 Å². The Bertz CT molecular complexity index is 1250. The largest absolute Gasteiger partial charge is 0.487 e. The number of pyridine rings is 1. The van der Waals surface area contributed by atoms with Crippen LogP contribution in [0.25, 0.3) is 10.9 Å². The first-order valence-electron chi connectivity index (χ1n) is 10.5. The molecule has 0 amide bonds. The van der Waals surface area contributed by atoms with E-state index in [9.17, 15) is 14.7 Å². The van der Waals surface area contributed by atoms with Crippen LogP contribution in [-0.4, -0.2) is 35.8 Å². The predicted octanol–water partition coefficient (Wildman–Crippen LogP) is 4.05. The van der Waals surface area contributed by atoms with Crippen LogP contribution < -0.4 is 20.8 Å². The van der Waals surface area contributed by atoms with Crippen LogP contribution in [0.5, 0.6) is 5.75 Å². The maximum atomic E-state index is 15.6. The minimum Gasteiger partial charge on any atom is -0.487 e. The minimum atomic E-state index is -1.35. The molecule has 32 heavy (non-hydrogen) atoms. The van der Waals surface area contributed by atoms with Crippen LogP contribution in [0.4, 0.5) is 15.8 Å². The summed E-state index contributed by atoms with van der Waals surface area (Å²) in [5, 5.41) is 15.4. The lowest BCUT2D eigenvalue weighted by atomic mass is 9.98. The number of rotatable bonds is 7. The highest BCUT2D eigenvalue weighted by Crippen LogP contribution is 2.45. The molecule has 0 aliphatic carbocycles. The molecule has 0 saturated heterocycles. The lowest BCUT2D eigenvalue weighted by molar-refractivity contribution is 0.0693. The van der Waals surface area contributed by atoms with E-state index in [2.05, 4.69) is 10.6 Å². The Hall–Kier alpha value is -3.55. The van der Waals surface area contributed by atoms with Crippen LogP contribution in [0.2, 0.25) is 0 Å². The number of nitrogens with zero attached hydrogens (tertiary/aromatic N) is 1. The standard InChI is InChI=1S/C24H26FN3O4/c1-24(2)13-32-22-19(27-11-7-10-14-8-5-4-6-9-14)17(25)18(26-3)16-20(22)28(24)12-15(21(16)29)23(30)31/h4-6,8-9,12,26-27H,7,10-11,13H2,1-3H3,(H,30,31). The van der Waals surface area contributed by atoms with Crippen molar-refractivity contribution in [3.05, 3.63) is 63.7 Å². The van der Waals surface area contributed by atoms with E-state index in [1.807, 2.05) is 44.2 Å². The summed E-state index contributed by atoms with van der Waals surface area (Å²) in [6.45, 7) is 4.45. The number of nitrogens with one attached hydrogen (secondary N) is 2. The number of aromatic nitrogens is 1. The quantitative estimate of drug-likeness (QED) is 0.481. The number of aromatic carboxylic acids is 1. The Morgan fingerprint density at radius 3 is 2.62 bits per heavy atom. The monoisotopic (exact) mass is 439 g/mol. The Labute approximate surface area is 184 Å². The number of carbonyl (C=O) groups is 1. The average Bonchev–Trinajstić information content (AvgIpc) is 2.76. The lowest BCUT2D eigenvalue weighted by Gasteiger charge is -2.36. The Kier molecular flexibility index (Phi) is 5.54. The highest BCUT2D eigenvalue weighted by molar-refractivity contribution is 6.04. The van der Waals surface area contributed by atoms with Gasteiger partial charge in [-0.1, -0.05) is 30.3 Å². The van der Waals surface area contributed by atoms with Gasteiger partial charge in [-0.15, -0.1) is 0 Å². The van der Waals surface area contributed by atoms with Crippen molar-refractivity contribution in [2.45, 2.75) is 32.2 Å². The minimum absolute atomic E-state index is 0.0255. The predicted molar refractivity (Wildman–Crippen MR) is 123 cm³/mol. The summed E-state index contributed by atoms with van der Waals surface area (Å²) in [6, 6.07) is 10.0. The average molecular weight is 439 g/mol. The van der Waals surface area contributed by atoms with Crippen molar-refractivity contribution in [2.75, 3.05) is 30.8 Å². The topological polar surface area (TPSA) is 92.6 Å². The maximum Gasteiger partial charge on any atom is 0.341 e. The molecule has 7 nitrogen and oxygen atoms in total. The van der Waals surface area contributed by atoms with E-state index in [0.717, 1.165) is 12.8 Å². The van der Waals surface area contributed by atoms with Crippen molar-refractivity contribution in [3.63, 3.8) is 0 Å². The molecule has 3 aromatic rings. The van der Waals surface area contributed by atoms with Gasteiger partial charge >= 0.3 is 5.97 Å². The molecule has 2 heterocycles. The first-order valence-corrected chi connectivity index (χ1v) is 10.5. The van der Waals surface area contributed by atoms with Gasteiger partial charge in [0.05, 0.1) is 22.1 Å². The molecule has 2 aromatic carbocycles. The Balaban J connectivity index is 1.82. The van der Waals surface area contributed by atoms with E-state index in [0.29, 0.717) is 12.1 Å². The number of carboxylic acid groups (broad SMARTS) is 1. The maximum absolute atomic E-state index is 15.6. The van der Waals surface area contributed by atoms with Crippen LogP contribution >= 0.6 is 0 Å².